The third-order valence-electron chi connectivity index (χ3n) is 3.60. The van der Waals surface area contributed by atoms with E-state index in [1.165, 1.54) is 0 Å². The van der Waals surface area contributed by atoms with Crippen LogP contribution in [-0.4, -0.2) is 42.2 Å². The maximum atomic E-state index is 12.3. The molecular weight excluding hydrogens is 314 g/mol. The van der Waals surface area contributed by atoms with Gasteiger partial charge in [-0.05, 0) is 49.8 Å². The number of aromatic nitrogens is 1. The number of ether oxygens (including phenoxy) is 1. The fourth-order valence-electron chi connectivity index (χ4n) is 2.40. The second-order valence-corrected chi connectivity index (χ2v) is 5.79. The molecule has 25 heavy (non-hydrogen) atoms. The highest BCUT2D eigenvalue weighted by Gasteiger charge is 2.12. The third-order valence-corrected chi connectivity index (χ3v) is 3.60. The van der Waals surface area contributed by atoms with Crippen LogP contribution in [0.3, 0.4) is 0 Å². The van der Waals surface area contributed by atoms with E-state index < -0.39 is 0 Å². The van der Waals surface area contributed by atoms with Crippen LogP contribution in [-0.2, 0) is 4.74 Å². The Balaban J connectivity index is 1.96. The van der Waals surface area contributed by atoms with Crippen molar-refractivity contribution in [2.24, 2.45) is 0 Å². The van der Waals surface area contributed by atoms with E-state index in [0.717, 1.165) is 16.9 Å². The van der Waals surface area contributed by atoms with Crippen molar-refractivity contribution in [1.82, 2.24) is 9.88 Å². The molecular formula is C20H25N3O2. The number of anilines is 1. The van der Waals surface area contributed by atoms with Gasteiger partial charge in [0, 0.05) is 32.1 Å². The molecule has 0 bridgehead atoms. The molecule has 132 valence electrons. The maximum absolute atomic E-state index is 12.3. The average Bonchev–Trinajstić information content (AvgIpc) is 2.61. The van der Waals surface area contributed by atoms with Gasteiger partial charge in [-0.1, -0.05) is 24.3 Å². The molecule has 5 nitrogen and oxygen atoms in total. The lowest BCUT2D eigenvalue weighted by molar-refractivity contribution is 0.0594. The first-order valence-electron chi connectivity index (χ1n) is 8.41. The highest BCUT2D eigenvalue weighted by molar-refractivity contribution is 5.89. The first-order valence-corrected chi connectivity index (χ1v) is 8.41. The van der Waals surface area contributed by atoms with Gasteiger partial charge in [0.2, 0.25) is 0 Å². The molecule has 0 aliphatic rings. The molecule has 2 rings (SSSR count). The number of pyridine rings is 1. The van der Waals surface area contributed by atoms with Crippen molar-refractivity contribution in [2.75, 3.05) is 25.5 Å². The Kier molecular flexibility index (Phi) is 7.16. The molecule has 0 spiro atoms. The Morgan fingerprint density at radius 1 is 1.28 bits per heavy atom. The molecule has 0 aliphatic carbocycles. The van der Waals surface area contributed by atoms with Crippen molar-refractivity contribution < 1.29 is 9.53 Å². The second kappa shape index (κ2) is 9.59. The molecule has 1 aromatic carbocycles. The summed E-state index contributed by atoms with van der Waals surface area (Å²) in [6.07, 6.45) is 5.68. The largest absolute Gasteiger partial charge is 0.377 e. The van der Waals surface area contributed by atoms with Gasteiger partial charge in [-0.25, -0.2) is 4.79 Å². The van der Waals surface area contributed by atoms with Crippen LogP contribution in [0.15, 0.2) is 48.7 Å². The zero-order valence-electron chi connectivity index (χ0n) is 15.0. The predicted molar refractivity (Wildman–Crippen MR) is 102 cm³/mol. The number of benzene rings is 1. The Bertz CT molecular complexity index is 701. The van der Waals surface area contributed by atoms with Crippen LogP contribution >= 0.6 is 0 Å². The van der Waals surface area contributed by atoms with Gasteiger partial charge in [-0.2, -0.15) is 0 Å². The second-order valence-electron chi connectivity index (χ2n) is 5.79. The van der Waals surface area contributed by atoms with Gasteiger partial charge in [0.25, 0.3) is 0 Å². The Morgan fingerprint density at radius 2 is 2.12 bits per heavy atom. The molecule has 0 radical (unpaired) electrons. The van der Waals surface area contributed by atoms with Crippen molar-refractivity contribution in [1.29, 1.82) is 0 Å². The molecule has 1 N–H and O–H groups in total. The van der Waals surface area contributed by atoms with Crippen molar-refractivity contribution >= 4 is 23.9 Å². The number of hydrogen-bond acceptors (Lipinski definition) is 3. The maximum Gasteiger partial charge on any atom is 0.321 e. The zero-order valence-corrected chi connectivity index (χ0v) is 15.0. The molecule has 5 heteroatoms. The molecule has 2 amide bonds. The number of carbonyl (C=O) groups is 1. The fraction of sp³-hybridized carbons (Fsp3) is 0.300. The first kappa shape index (κ1) is 18.7. The van der Waals surface area contributed by atoms with E-state index in [2.05, 4.69) is 10.3 Å². The zero-order chi connectivity index (χ0) is 18.1. The minimum Gasteiger partial charge on any atom is -0.377 e. The van der Waals surface area contributed by atoms with Crippen molar-refractivity contribution in [2.45, 2.75) is 20.0 Å². The summed E-state index contributed by atoms with van der Waals surface area (Å²) < 4.78 is 5.47. The molecule has 1 aromatic heterocycles. The Labute approximate surface area is 149 Å². The van der Waals surface area contributed by atoms with E-state index in [4.69, 9.17) is 4.74 Å². The van der Waals surface area contributed by atoms with Crippen LogP contribution in [0.25, 0.3) is 12.2 Å². The van der Waals surface area contributed by atoms with E-state index in [1.807, 2.05) is 68.5 Å². The lowest BCUT2D eigenvalue weighted by atomic mass is 10.1. The molecule has 0 aliphatic heterocycles. The lowest BCUT2D eigenvalue weighted by Crippen LogP contribution is -2.37. The van der Waals surface area contributed by atoms with Crippen LogP contribution < -0.4 is 5.32 Å². The minimum atomic E-state index is -0.155. The number of likely N-dealkylation sites (N-methyl/N-ethyl adjacent to an activating group) is 1. The molecule has 1 unspecified atom stereocenters. The summed E-state index contributed by atoms with van der Waals surface area (Å²) in [7, 11) is 1.76. The van der Waals surface area contributed by atoms with E-state index in [9.17, 15) is 4.79 Å². The highest BCUT2D eigenvalue weighted by atomic mass is 16.5. The smallest absolute Gasteiger partial charge is 0.321 e. The van der Waals surface area contributed by atoms with Gasteiger partial charge >= 0.3 is 6.03 Å². The Morgan fingerprint density at radius 3 is 2.84 bits per heavy atom. The average molecular weight is 339 g/mol. The minimum absolute atomic E-state index is 0.00777. The number of hydrogen-bond donors (Lipinski definition) is 1. The topological polar surface area (TPSA) is 54.5 Å². The van der Waals surface area contributed by atoms with Gasteiger partial charge in [-0.3, -0.25) is 4.98 Å². The van der Waals surface area contributed by atoms with E-state index >= 15 is 0 Å². The number of nitrogens with one attached hydrogen (secondary N) is 1. The number of nitrogens with zero attached hydrogens (tertiary/aromatic N) is 2. The number of amides is 2. The SMILES string of the molecule is CCOC(C)CN(C)C(=O)Nc1cccc(/C=C/c2ccccn2)c1. The summed E-state index contributed by atoms with van der Waals surface area (Å²) in [6.45, 7) is 5.08. The van der Waals surface area contributed by atoms with E-state index in [0.29, 0.717) is 13.2 Å². The number of carbonyl (C=O) groups excluding carboxylic acids is 1. The summed E-state index contributed by atoms with van der Waals surface area (Å²) in [6, 6.07) is 13.3. The predicted octanol–water partition coefficient (Wildman–Crippen LogP) is 4.14. The monoisotopic (exact) mass is 339 g/mol. The molecule has 1 atom stereocenters. The number of urea groups is 1. The van der Waals surface area contributed by atoms with Crippen LogP contribution in [0, 0.1) is 0 Å². The summed E-state index contributed by atoms with van der Waals surface area (Å²) in [5.41, 5.74) is 2.64. The fourth-order valence-corrected chi connectivity index (χ4v) is 2.40. The van der Waals surface area contributed by atoms with Crippen LogP contribution in [0.5, 0.6) is 0 Å². The van der Waals surface area contributed by atoms with Crippen LogP contribution in [0.2, 0.25) is 0 Å². The van der Waals surface area contributed by atoms with Gasteiger partial charge in [-0.15, -0.1) is 0 Å². The van der Waals surface area contributed by atoms with E-state index in [-0.39, 0.29) is 12.1 Å². The normalized spacial score (nSPS) is 12.1. The molecule has 1 heterocycles. The third kappa shape index (κ3) is 6.39. The van der Waals surface area contributed by atoms with Crippen LogP contribution in [0.1, 0.15) is 25.1 Å². The van der Waals surface area contributed by atoms with Gasteiger partial charge in [0.05, 0.1) is 11.8 Å². The summed E-state index contributed by atoms with van der Waals surface area (Å²) in [5.74, 6) is 0. The van der Waals surface area contributed by atoms with Gasteiger partial charge < -0.3 is 15.0 Å². The molecule has 0 fully saturated rings. The molecule has 0 saturated carbocycles. The van der Waals surface area contributed by atoms with Gasteiger partial charge in [0.1, 0.15) is 0 Å². The summed E-state index contributed by atoms with van der Waals surface area (Å²) in [5, 5.41) is 2.91. The quantitative estimate of drug-likeness (QED) is 0.825. The summed E-state index contributed by atoms with van der Waals surface area (Å²) in [4.78, 5) is 18.2. The number of rotatable bonds is 7. The van der Waals surface area contributed by atoms with Crippen molar-refractivity contribution in [3.8, 4) is 0 Å². The Hall–Kier alpha value is -2.66. The molecule has 0 saturated heterocycles. The van der Waals surface area contributed by atoms with Gasteiger partial charge in [0.15, 0.2) is 0 Å². The lowest BCUT2D eigenvalue weighted by Gasteiger charge is -2.22. The van der Waals surface area contributed by atoms with Crippen molar-refractivity contribution in [3.05, 3.63) is 59.9 Å². The van der Waals surface area contributed by atoms with Crippen molar-refractivity contribution in [3.63, 3.8) is 0 Å². The van der Waals surface area contributed by atoms with E-state index in [1.54, 1.807) is 18.1 Å². The summed E-state index contributed by atoms with van der Waals surface area (Å²) >= 11 is 0. The first-order chi connectivity index (χ1) is 12.1. The van der Waals surface area contributed by atoms with Crippen LogP contribution in [0.4, 0.5) is 10.5 Å². The standard InChI is InChI=1S/C20H25N3O2/c1-4-25-16(2)15-23(3)20(24)22-19-10-7-8-17(14-19)11-12-18-9-5-6-13-21-18/h5-14,16H,4,15H2,1-3H3,(H,22,24)/b12-11+. The molecule has 2 aromatic rings. The highest BCUT2D eigenvalue weighted by Crippen LogP contribution is 2.14.